The number of amides is 1. The molecular weight excluding hydrogens is 396 g/mol. The molecule has 2 unspecified atom stereocenters. The summed E-state index contributed by atoms with van der Waals surface area (Å²) in [4.78, 5) is 30.8. The average Bonchev–Trinajstić information content (AvgIpc) is 3.27. The number of fused-ring (bicyclic) bond motifs is 2. The molecule has 3 aliphatic rings. The van der Waals surface area contributed by atoms with Crippen molar-refractivity contribution in [1.29, 1.82) is 0 Å². The number of aryl methyl sites for hydroxylation is 1. The number of piperidine rings is 1. The third-order valence-electron chi connectivity index (χ3n) is 8.40. The summed E-state index contributed by atoms with van der Waals surface area (Å²) in [6.07, 6.45) is 5.02. The standard InChI is InChI=1S/C28H34N2O2/c1-4-22(31)19-27(2)24-11-7-8-12-25(24)30(26(27)32)21-14-17-29(18-15-21)28(3)16-13-20-9-5-6-10-23(20)28/h5-12,21H,4,13-19H2,1-3H3. The molecule has 1 aliphatic carbocycles. The maximum absolute atomic E-state index is 13.8. The molecule has 4 heteroatoms. The molecule has 1 saturated heterocycles. The normalized spacial score (nSPS) is 28.1. The molecular formula is C28H34N2O2. The SMILES string of the molecule is CCC(=O)CC1(C)C(=O)N(C2CCN(C3(C)CCc4ccccc43)CC2)c2ccccc21. The molecule has 0 N–H and O–H groups in total. The number of hydrogen-bond donors (Lipinski definition) is 0. The van der Waals surface area contributed by atoms with E-state index in [4.69, 9.17) is 0 Å². The smallest absolute Gasteiger partial charge is 0.238 e. The number of para-hydroxylation sites is 1. The number of hydrogen-bond acceptors (Lipinski definition) is 3. The fourth-order valence-electron chi connectivity index (χ4n) is 6.42. The molecule has 1 amide bonds. The highest BCUT2D eigenvalue weighted by molar-refractivity contribution is 6.10. The number of likely N-dealkylation sites (tertiary alicyclic amines) is 1. The lowest BCUT2D eigenvalue weighted by Crippen LogP contribution is -2.53. The molecule has 1 fully saturated rings. The van der Waals surface area contributed by atoms with Crippen molar-refractivity contribution in [2.24, 2.45) is 0 Å². The van der Waals surface area contributed by atoms with Gasteiger partial charge in [0.05, 0.1) is 5.41 Å². The van der Waals surface area contributed by atoms with Crippen LogP contribution in [0.1, 0.15) is 69.6 Å². The van der Waals surface area contributed by atoms with Crippen LogP contribution in [-0.4, -0.2) is 35.7 Å². The van der Waals surface area contributed by atoms with Gasteiger partial charge in [-0.25, -0.2) is 0 Å². The number of ketones is 1. The number of benzene rings is 2. The predicted molar refractivity (Wildman–Crippen MR) is 128 cm³/mol. The van der Waals surface area contributed by atoms with E-state index >= 15 is 0 Å². The zero-order valence-electron chi connectivity index (χ0n) is 19.6. The Kier molecular flexibility index (Phi) is 5.24. The Hall–Kier alpha value is -2.46. The summed E-state index contributed by atoms with van der Waals surface area (Å²) in [6, 6.07) is 17.2. The van der Waals surface area contributed by atoms with E-state index in [9.17, 15) is 9.59 Å². The van der Waals surface area contributed by atoms with Crippen molar-refractivity contribution in [3.63, 3.8) is 0 Å². The zero-order chi connectivity index (χ0) is 22.5. The van der Waals surface area contributed by atoms with Gasteiger partial charge in [0, 0.05) is 43.2 Å². The van der Waals surface area contributed by atoms with Crippen LogP contribution in [0, 0.1) is 0 Å². The maximum atomic E-state index is 13.8. The van der Waals surface area contributed by atoms with Crippen LogP contribution in [0.15, 0.2) is 48.5 Å². The molecule has 0 aromatic heterocycles. The third kappa shape index (κ3) is 3.14. The molecule has 2 atom stereocenters. The minimum atomic E-state index is -0.739. The van der Waals surface area contributed by atoms with Crippen molar-refractivity contribution in [3.8, 4) is 0 Å². The second-order valence-electron chi connectivity index (χ2n) is 10.2. The Morgan fingerprint density at radius 2 is 1.66 bits per heavy atom. The maximum Gasteiger partial charge on any atom is 0.238 e. The first-order valence-corrected chi connectivity index (χ1v) is 12.2. The summed E-state index contributed by atoms with van der Waals surface area (Å²) in [5.41, 5.74) is 4.35. The van der Waals surface area contributed by atoms with Crippen molar-refractivity contribution in [3.05, 3.63) is 65.2 Å². The van der Waals surface area contributed by atoms with Gasteiger partial charge in [0.2, 0.25) is 5.91 Å². The highest BCUT2D eigenvalue weighted by Crippen LogP contribution is 2.47. The van der Waals surface area contributed by atoms with Crippen LogP contribution in [0.25, 0.3) is 0 Å². The van der Waals surface area contributed by atoms with Crippen molar-refractivity contribution < 1.29 is 9.59 Å². The van der Waals surface area contributed by atoms with Gasteiger partial charge in [-0.05, 0) is 62.3 Å². The van der Waals surface area contributed by atoms with Crippen LogP contribution < -0.4 is 4.90 Å². The van der Waals surface area contributed by atoms with E-state index in [1.807, 2.05) is 36.9 Å². The van der Waals surface area contributed by atoms with Crippen molar-refractivity contribution >= 4 is 17.4 Å². The number of carbonyl (C=O) groups excluding carboxylic acids is 2. The zero-order valence-corrected chi connectivity index (χ0v) is 19.6. The van der Waals surface area contributed by atoms with Gasteiger partial charge >= 0.3 is 0 Å². The van der Waals surface area contributed by atoms with Crippen LogP contribution in [0.4, 0.5) is 5.69 Å². The summed E-state index contributed by atoms with van der Waals surface area (Å²) in [5, 5.41) is 0. The van der Waals surface area contributed by atoms with E-state index in [0.29, 0.717) is 12.8 Å². The van der Waals surface area contributed by atoms with Crippen molar-refractivity contribution in [1.82, 2.24) is 4.90 Å². The molecule has 0 saturated carbocycles. The number of Topliss-reactive ketones (excluding diaryl/α,β-unsaturated/α-hetero) is 1. The summed E-state index contributed by atoms with van der Waals surface area (Å²) in [6.45, 7) is 8.22. The molecule has 2 aromatic rings. The van der Waals surface area contributed by atoms with E-state index in [1.165, 1.54) is 17.5 Å². The first-order valence-electron chi connectivity index (χ1n) is 12.2. The molecule has 168 valence electrons. The van der Waals surface area contributed by atoms with Crippen LogP contribution in [0.5, 0.6) is 0 Å². The average molecular weight is 431 g/mol. The Morgan fingerprint density at radius 3 is 2.38 bits per heavy atom. The molecule has 0 spiro atoms. The quantitative estimate of drug-likeness (QED) is 0.671. The molecule has 5 rings (SSSR count). The largest absolute Gasteiger partial charge is 0.308 e. The first-order chi connectivity index (χ1) is 15.4. The van der Waals surface area contributed by atoms with E-state index < -0.39 is 5.41 Å². The first kappa shape index (κ1) is 21.4. The third-order valence-corrected chi connectivity index (χ3v) is 8.40. The molecule has 2 aromatic carbocycles. The monoisotopic (exact) mass is 430 g/mol. The van der Waals surface area contributed by atoms with Crippen LogP contribution in [-0.2, 0) is 27.0 Å². The Morgan fingerprint density at radius 1 is 1.00 bits per heavy atom. The fraction of sp³-hybridized carbons (Fsp3) is 0.500. The molecule has 2 aliphatic heterocycles. The summed E-state index contributed by atoms with van der Waals surface area (Å²) in [7, 11) is 0. The van der Waals surface area contributed by atoms with E-state index in [1.54, 1.807) is 0 Å². The molecule has 0 radical (unpaired) electrons. The molecule has 32 heavy (non-hydrogen) atoms. The van der Waals surface area contributed by atoms with E-state index in [2.05, 4.69) is 42.2 Å². The highest BCUT2D eigenvalue weighted by Gasteiger charge is 2.51. The van der Waals surface area contributed by atoms with Crippen molar-refractivity contribution in [2.45, 2.75) is 76.3 Å². The lowest BCUT2D eigenvalue weighted by Gasteiger charge is -2.45. The topological polar surface area (TPSA) is 40.6 Å². The Labute approximate surface area is 191 Å². The number of carbonyl (C=O) groups is 2. The number of anilines is 1. The minimum Gasteiger partial charge on any atom is -0.308 e. The van der Waals surface area contributed by atoms with Gasteiger partial charge in [0.25, 0.3) is 0 Å². The lowest BCUT2D eigenvalue weighted by atomic mass is 9.79. The Balaban J connectivity index is 1.37. The van der Waals surface area contributed by atoms with Gasteiger partial charge in [0.1, 0.15) is 5.78 Å². The van der Waals surface area contributed by atoms with Gasteiger partial charge in [-0.1, -0.05) is 49.4 Å². The summed E-state index contributed by atoms with van der Waals surface area (Å²) in [5.74, 6) is 0.261. The van der Waals surface area contributed by atoms with Crippen molar-refractivity contribution in [2.75, 3.05) is 18.0 Å². The summed E-state index contributed by atoms with van der Waals surface area (Å²) >= 11 is 0. The van der Waals surface area contributed by atoms with E-state index in [0.717, 1.165) is 43.6 Å². The van der Waals surface area contributed by atoms with E-state index in [-0.39, 0.29) is 23.3 Å². The Bertz CT molecular complexity index is 1050. The fourth-order valence-corrected chi connectivity index (χ4v) is 6.42. The van der Waals surface area contributed by atoms with Crippen LogP contribution in [0.3, 0.4) is 0 Å². The van der Waals surface area contributed by atoms with Crippen LogP contribution in [0.2, 0.25) is 0 Å². The van der Waals surface area contributed by atoms with Gasteiger partial charge in [0.15, 0.2) is 0 Å². The van der Waals surface area contributed by atoms with Crippen LogP contribution >= 0.6 is 0 Å². The van der Waals surface area contributed by atoms with Gasteiger partial charge in [-0.3, -0.25) is 14.5 Å². The predicted octanol–water partition coefficient (Wildman–Crippen LogP) is 4.99. The highest BCUT2D eigenvalue weighted by atomic mass is 16.2. The lowest BCUT2D eigenvalue weighted by molar-refractivity contribution is -0.128. The van der Waals surface area contributed by atoms with Gasteiger partial charge < -0.3 is 4.90 Å². The number of nitrogens with zero attached hydrogens (tertiary/aromatic N) is 2. The minimum absolute atomic E-state index is 0.0938. The molecule has 0 bridgehead atoms. The second-order valence-corrected chi connectivity index (χ2v) is 10.2. The van der Waals surface area contributed by atoms with Gasteiger partial charge in [-0.2, -0.15) is 0 Å². The summed E-state index contributed by atoms with van der Waals surface area (Å²) < 4.78 is 0. The molecule has 2 heterocycles. The van der Waals surface area contributed by atoms with Gasteiger partial charge in [-0.15, -0.1) is 0 Å². The number of rotatable bonds is 5. The second kappa shape index (κ2) is 7.84. The molecule has 4 nitrogen and oxygen atoms in total.